The molecule has 1 heterocycles. The highest BCUT2D eigenvalue weighted by molar-refractivity contribution is 5.92. The number of aliphatic hydroxyl groups is 1. The third-order valence-electron chi connectivity index (χ3n) is 10.1. The molecule has 5 nitrogen and oxygen atoms in total. The lowest BCUT2D eigenvalue weighted by Gasteiger charge is -2.63. The first-order valence-corrected chi connectivity index (χ1v) is 13.6. The second kappa shape index (κ2) is 8.55. The lowest BCUT2D eigenvalue weighted by atomic mass is 9.44. The molecular weight excluding hydrogens is 464 g/mol. The van der Waals surface area contributed by atoms with Crippen LogP contribution in [-0.2, 0) is 14.3 Å². The average Bonchev–Trinajstić information content (AvgIpc) is 3.28. The van der Waals surface area contributed by atoms with Crippen molar-refractivity contribution in [3.05, 3.63) is 36.0 Å². The van der Waals surface area contributed by atoms with Crippen molar-refractivity contribution < 1.29 is 28.2 Å². The number of alkyl halides is 2. The summed E-state index contributed by atoms with van der Waals surface area (Å²) >= 11 is 0. The Bertz CT molecular complexity index is 1010. The molecule has 1 saturated heterocycles. The van der Waals surface area contributed by atoms with E-state index in [1.165, 1.54) is 0 Å². The Morgan fingerprint density at radius 2 is 2.03 bits per heavy atom. The molecule has 0 aromatic rings. The molecule has 7 heteroatoms. The molecule has 36 heavy (non-hydrogen) atoms. The molecule has 4 fully saturated rings. The lowest BCUT2D eigenvalue weighted by Crippen LogP contribution is -2.71. The molecule has 3 saturated carbocycles. The number of ether oxygens (including phenoxy) is 2. The molecule has 0 spiro atoms. The zero-order valence-corrected chi connectivity index (χ0v) is 22.2. The van der Waals surface area contributed by atoms with E-state index >= 15 is 8.78 Å². The average molecular weight is 506 g/mol. The van der Waals surface area contributed by atoms with Crippen molar-refractivity contribution in [1.82, 2.24) is 5.32 Å². The van der Waals surface area contributed by atoms with Crippen LogP contribution >= 0.6 is 0 Å². The van der Waals surface area contributed by atoms with Crippen molar-refractivity contribution >= 4 is 5.78 Å². The van der Waals surface area contributed by atoms with Gasteiger partial charge in [-0.05, 0) is 49.7 Å². The van der Waals surface area contributed by atoms with Gasteiger partial charge in [-0.3, -0.25) is 4.79 Å². The molecular formula is C29H41F2NO4. The molecule has 2 N–H and O–H groups in total. The van der Waals surface area contributed by atoms with Crippen LogP contribution in [0.5, 0.6) is 0 Å². The SMILES string of the molecule is C=C1C=C[C@@]2(C)C(=C1)[C@@H](F)C[C@H]1[C@@H]3C[C@H]4O[C@@H](CCC)O[C@@]4(C(=O)CNC(C)C)[C@@]3(C)C[C@H](O)[C@@]12F. The van der Waals surface area contributed by atoms with Gasteiger partial charge in [-0.25, -0.2) is 8.78 Å². The highest BCUT2D eigenvalue weighted by Gasteiger charge is 2.79. The number of ketones is 1. The molecule has 4 aliphatic carbocycles. The smallest absolute Gasteiger partial charge is 0.181 e. The Kier molecular flexibility index (Phi) is 6.23. The van der Waals surface area contributed by atoms with Gasteiger partial charge >= 0.3 is 0 Å². The number of Topliss-reactive ketones (excluding diaryl/α,β-unsaturated/α-hetero) is 1. The molecule has 5 aliphatic rings. The Morgan fingerprint density at radius 3 is 2.69 bits per heavy atom. The topological polar surface area (TPSA) is 67.8 Å². The largest absolute Gasteiger partial charge is 0.390 e. The van der Waals surface area contributed by atoms with Gasteiger partial charge in [0.05, 0.1) is 18.8 Å². The maximum atomic E-state index is 17.5. The van der Waals surface area contributed by atoms with E-state index in [-0.39, 0.29) is 37.1 Å². The van der Waals surface area contributed by atoms with E-state index in [1.54, 1.807) is 25.2 Å². The van der Waals surface area contributed by atoms with Crippen LogP contribution in [0.3, 0.4) is 0 Å². The number of fused-ring (bicyclic) bond motifs is 7. The molecule has 0 aromatic heterocycles. The second-order valence-corrected chi connectivity index (χ2v) is 12.4. The Balaban J connectivity index is 1.59. The normalized spacial score (nSPS) is 49.4. The van der Waals surface area contributed by atoms with E-state index in [4.69, 9.17) is 9.47 Å². The van der Waals surface area contributed by atoms with Gasteiger partial charge in [0, 0.05) is 22.8 Å². The summed E-state index contributed by atoms with van der Waals surface area (Å²) in [7, 11) is 0. The van der Waals surface area contributed by atoms with Crippen LogP contribution in [0, 0.1) is 22.7 Å². The van der Waals surface area contributed by atoms with Crippen LogP contribution in [-0.4, -0.2) is 59.4 Å². The summed E-state index contributed by atoms with van der Waals surface area (Å²) < 4.78 is 46.1. The summed E-state index contributed by atoms with van der Waals surface area (Å²) in [6, 6.07) is 0.0987. The summed E-state index contributed by atoms with van der Waals surface area (Å²) in [5, 5.41) is 14.8. The van der Waals surface area contributed by atoms with Crippen molar-refractivity contribution in [1.29, 1.82) is 0 Å². The van der Waals surface area contributed by atoms with Crippen molar-refractivity contribution in [2.45, 2.75) is 109 Å². The van der Waals surface area contributed by atoms with Crippen LogP contribution < -0.4 is 5.32 Å². The summed E-state index contributed by atoms with van der Waals surface area (Å²) in [5.74, 6) is -1.29. The first-order valence-electron chi connectivity index (χ1n) is 13.6. The molecule has 1 aliphatic heterocycles. The number of allylic oxidation sites excluding steroid dienone is 5. The van der Waals surface area contributed by atoms with Crippen molar-refractivity contribution in [3.8, 4) is 0 Å². The molecule has 0 bridgehead atoms. The second-order valence-electron chi connectivity index (χ2n) is 12.4. The molecule has 10 atom stereocenters. The first kappa shape index (κ1) is 26.2. The van der Waals surface area contributed by atoms with Crippen LogP contribution in [0.25, 0.3) is 0 Å². The third-order valence-corrected chi connectivity index (χ3v) is 10.1. The molecule has 0 unspecified atom stereocenters. The van der Waals surface area contributed by atoms with Gasteiger partial charge in [0.25, 0.3) is 0 Å². The highest BCUT2D eigenvalue weighted by Crippen LogP contribution is 2.72. The summed E-state index contributed by atoms with van der Waals surface area (Å²) in [5.41, 5.74) is -4.60. The maximum Gasteiger partial charge on any atom is 0.181 e. The fourth-order valence-electron chi connectivity index (χ4n) is 8.39. The fourth-order valence-corrected chi connectivity index (χ4v) is 8.39. The van der Waals surface area contributed by atoms with Gasteiger partial charge < -0.3 is 19.9 Å². The van der Waals surface area contributed by atoms with Crippen molar-refractivity contribution in [2.24, 2.45) is 22.7 Å². The minimum atomic E-state index is -2.08. The minimum Gasteiger partial charge on any atom is -0.390 e. The van der Waals surface area contributed by atoms with Crippen LogP contribution in [0.4, 0.5) is 8.78 Å². The fraction of sp³-hybridized carbons (Fsp3) is 0.759. The monoisotopic (exact) mass is 505 g/mol. The predicted molar refractivity (Wildman–Crippen MR) is 134 cm³/mol. The quantitative estimate of drug-likeness (QED) is 0.545. The molecule has 5 rings (SSSR count). The maximum absolute atomic E-state index is 17.5. The first-order chi connectivity index (χ1) is 16.8. The number of carbonyl (C=O) groups excluding carboxylic acids is 1. The summed E-state index contributed by atoms with van der Waals surface area (Å²) in [6.07, 6.45) is 3.11. The predicted octanol–water partition coefficient (Wildman–Crippen LogP) is 4.75. The lowest BCUT2D eigenvalue weighted by molar-refractivity contribution is -0.233. The number of nitrogens with one attached hydrogen (secondary N) is 1. The van der Waals surface area contributed by atoms with Gasteiger partial charge in [0.2, 0.25) is 0 Å². The van der Waals surface area contributed by atoms with Crippen molar-refractivity contribution in [2.75, 3.05) is 6.54 Å². The van der Waals surface area contributed by atoms with Gasteiger partial charge in [-0.15, -0.1) is 0 Å². The van der Waals surface area contributed by atoms with E-state index in [0.29, 0.717) is 24.0 Å². The third kappa shape index (κ3) is 3.21. The molecule has 0 radical (unpaired) electrons. The van der Waals surface area contributed by atoms with Gasteiger partial charge in [-0.1, -0.05) is 58.9 Å². The van der Waals surface area contributed by atoms with Crippen LogP contribution in [0.2, 0.25) is 0 Å². The van der Waals surface area contributed by atoms with E-state index in [2.05, 4.69) is 11.9 Å². The van der Waals surface area contributed by atoms with E-state index in [1.807, 2.05) is 27.7 Å². The van der Waals surface area contributed by atoms with Gasteiger partial charge in [0.1, 0.15) is 6.17 Å². The molecule has 0 amide bonds. The summed E-state index contributed by atoms with van der Waals surface area (Å²) in [4.78, 5) is 14.0. The Morgan fingerprint density at radius 1 is 1.31 bits per heavy atom. The number of aliphatic hydroxyl groups excluding tert-OH is 1. The van der Waals surface area contributed by atoms with Crippen LogP contribution in [0.1, 0.15) is 66.7 Å². The number of hydrogen-bond acceptors (Lipinski definition) is 5. The molecule has 200 valence electrons. The molecule has 0 aromatic carbocycles. The number of carbonyl (C=O) groups is 1. The van der Waals surface area contributed by atoms with Crippen molar-refractivity contribution in [3.63, 3.8) is 0 Å². The minimum absolute atomic E-state index is 0.0457. The zero-order chi connectivity index (χ0) is 26.3. The van der Waals surface area contributed by atoms with Crippen LogP contribution in [0.15, 0.2) is 36.0 Å². The van der Waals surface area contributed by atoms with E-state index in [9.17, 15) is 9.90 Å². The number of hydrogen-bond donors (Lipinski definition) is 2. The number of halogens is 2. The Hall–Kier alpha value is -1.41. The highest BCUT2D eigenvalue weighted by atomic mass is 19.1. The summed E-state index contributed by atoms with van der Waals surface area (Å²) in [6.45, 7) is 13.6. The van der Waals surface area contributed by atoms with Gasteiger partial charge in [-0.2, -0.15) is 0 Å². The van der Waals surface area contributed by atoms with Gasteiger partial charge in [0.15, 0.2) is 23.3 Å². The van der Waals surface area contributed by atoms with E-state index < -0.39 is 52.7 Å². The number of rotatable bonds is 6. The Labute approximate surface area is 213 Å². The standard InChI is InChI=1S/C29H41F2NO4/c1-7-8-25-35-24-13-18-19-12-21(30)20-11-17(4)9-10-26(20,5)28(19,31)22(33)14-27(18,6)29(24,36-25)23(34)15-32-16(2)3/h9-11,16,18-19,21-22,24-25,32-33H,4,7-8,12-15H2,1-3,5-6H3/t18-,19-,21-,22-,24+,25+,26-,27-,28-,29+/m0/s1. The van der Waals surface area contributed by atoms with E-state index in [0.717, 1.165) is 6.42 Å². The zero-order valence-electron chi connectivity index (χ0n) is 22.2.